The molecule has 2 aromatic carbocycles. The number of ether oxygens (including phenoxy) is 1. The average molecular weight is 349 g/mol. The van der Waals surface area contributed by atoms with Crippen LogP contribution in [-0.2, 0) is 0 Å². The van der Waals surface area contributed by atoms with Gasteiger partial charge in [0.15, 0.2) is 0 Å². The number of fused-ring (bicyclic) bond motifs is 1. The van der Waals surface area contributed by atoms with E-state index in [0.717, 1.165) is 16.9 Å². The second-order valence-corrected chi connectivity index (χ2v) is 6.26. The van der Waals surface area contributed by atoms with Crippen LogP contribution in [0.15, 0.2) is 65.4 Å². The van der Waals surface area contributed by atoms with Gasteiger partial charge >= 0.3 is 6.03 Å². The maximum atomic E-state index is 12.4. The Morgan fingerprint density at radius 2 is 2.12 bits per heavy atom. The molecule has 4 rings (SSSR count). The fourth-order valence-electron chi connectivity index (χ4n) is 3.17. The highest BCUT2D eigenvalue weighted by molar-refractivity contribution is 5.90. The first-order valence-electron chi connectivity index (χ1n) is 8.50. The normalized spacial score (nSPS) is 16.4. The number of para-hydroxylation sites is 1. The fourth-order valence-corrected chi connectivity index (χ4v) is 3.17. The molecule has 0 aliphatic carbocycles. The lowest BCUT2D eigenvalue weighted by Gasteiger charge is -2.20. The van der Waals surface area contributed by atoms with Crippen LogP contribution in [0, 0.1) is 0 Å². The predicted molar refractivity (Wildman–Crippen MR) is 98.2 cm³/mol. The number of anilines is 1. The van der Waals surface area contributed by atoms with E-state index in [2.05, 4.69) is 15.6 Å². The molecule has 0 saturated heterocycles. The molecule has 132 valence electrons. The summed E-state index contributed by atoms with van der Waals surface area (Å²) in [5, 5.41) is 5.86. The Balaban J connectivity index is 1.41. The quantitative estimate of drug-likeness (QED) is 0.746. The highest BCUT2D eigenvalue weighted by atomic mass is 16.5. The first kappa shape index (κ1) is 16.2. The summed E-state index contributed by atoms with van der Waals surface area (Å²) in [5.41, 5.74) is 2.61. The zero-order valence-corrected chi connectivity index (χ0v) is 14.3. The standard InChI is InChI=1S/C20H19N3O3/c1-13(17-12-26-18-8-3-2-7-16(17)18)22-20(24)23-15-6-4-5-14(11-15)19-21-9-10-25-19/h2-11,13,17H,12H2,1H3,(H2,22,23,24)/t13-,17-/m0/s1. The van der Waals surface area contributed by atoms with Crippen LogP contribution >= 0.6 is 0 Å². The zero-order valence-electron chi connectivity index (χ0n) is 14.3. The van der Waals surface area contributed by atoms with Crippen LogP contribution < -0.4 is 15.4 Å². The summed E-state index contributed by atoms with van der Waals surface area (Å²) >= 11 is 0. The molecule has 0 saturated carbocycles. The highest BCUT2D eigenvalue weighted by Crippen LogP contribution is 2.35. The largest absolute Gasteiger partial charge is 0.493 e. The molecular weight excluding hydrogens is 330 g/mol. The second-order valence-electron chi connectivity index (χ2n) is 6.26. The molecule has 1 aliphatic rings. The van der Waals surface area contributed by atoms with Crippen molar-refractivity contribution in [2.45, 2.75) is 18.9 Å². The van der Waals surface area contributed by atoms with E-state index in [9.17, 15) is 4.79 Å². The van der Waals surface area contributed by atoms with Crippen LogP contribution in [-0.4, -0.2) is 23.7 Å². The number of aromatic nitrogens is 1. The molecule has 2 N–H and O–H groups in total. The Morgan fingerprint density at radius 3 is 2.96 bits per heavy atom. The van der Waals surface area contributed by atoms with Gasteiger partial charge in [0.05, 0.1) is 12.8 Å². The van der Waals surface area contributed by atoms with Crippen molar-refractivity contribution >= 4 is 11.7 Å². The molecule has 2 heterocycles. The third-order valence-corrected chi connectivity index (χ3v) is 4.50. The number of rotatable bonds is 4. The van der Waals surface area contributed by atoms with Gasteiger partial charge in [0.1, 0.15) is 12.0 Å². The van der Waals surface area contributed by atoms with Crippen molar-refractivity contribution in [1.29, 1.82) is 0 Å². The van der Waals surface area contributed by atoms with Gasteiger partial charge in [0.25, 0.3) is 0 Å². The zero-order chi connectivity index (χ0) is 17.9. The number of hydrogen-bond acceptors (Lipinski definition) is 4. The molecule has 3 aromatic rings. The number of nitrogens with one attached hydrogen (secondary N) is 2. The lowest BCUT2D eigenvalue weighted by molar-refractivity contribution is 0.244. The van der Waals surface area contributed by atoms with Crippen LogP contribution in [0.1, 0.15) is 18.4 Å². The molecule has 1 aliphatic heterocycles. The molecule has 0 spiro atoms. The molecule has 1 aromatic heterocycles. The van der Waals surface area contributed by atoms with Crippen LogP contribution in [0.3, 0.4) is 0 Å². The molecule has 0 fully saturated rings. The summed E-state index contributed by atoms with van der Waals surface area (Å²) in [4.78, 5) is 16.5. The molecule has 2 amide bonds. The van der Waals surface area contributed by atoms with Crippen molar-refractivity contribution in [2.75, 3.05) is 11.9 Å². The predicted octanol–water partition coefficient (Wildman–Crippen LogP) is 4.03. The number of urea groups is 1. The summed E-state index contributed by atoms with van der Waals surface area (Å²) in [6, 6.07) is 15.0. The van der Waals surface area contributed by atoms with E-state index in [1.807, 2.05) is 55.5 Å². The smallest absolute Gasteiger partial charge is 0.319 e. The Morgan fingerprint density at radius 1 is 1.23 bits per heavy atom. The van der Waals surface area contributed by atoms with E-state index in [1.54, 1.807) is 6.20 Å². The Hall–Kier alpha value is -3.28. The van der Waals surface area contributed by atoms with Crippen molar-refractivity contribution in [2.24, 2.45) is 0 Å². The third kappa shape index (κ3) is 3.26. The molecule has 26 heavy (non-hydrogen) atoms. The van der Waals surface area contributed by atoms with Gasteiger partial charge in [0, 0.05) is 28.8 Å². The Bertz CT molecular complexity index is 908. The number of nitrogens with zero attached hydrogens (tertiary/aromatic N) is 1. The van der Waals surface area contributed by atoms with Crippen LogP contribution in [0.4, 0.5) is 10.5 Å². The van der Waals surface area contributed by atoms with Gasteiger partial charge in [-0.2, -0.15) is 0 Å². The van der Waals surface area contributed by atoms with Gasteiger partial charge in [0.2, 0.25) is 5.89 Å². The van der Waals surface area contributed by atoms with Gasteiger partial charge in [-0.1, -0.05) is 24.3 Å². The fraction of sp³-hybridized carbons (Fsp3) is 0.200. The number of amides is 2. The van der Waals surface area contributed by atoms with Crippen molar-refractivity contribution in [3.05, 3.63) is 66.6 Å². The number of oxazole rings is 1. The minimum absolute atomic E-state index is 0.0615. The number of carbonyl (C=O) groups excluding carboxylic acids is 1. The van der Waals surface area contributed by atoms with E-state index in [4.69, 9.17) is 9.15 Å². The summed E-state index contributed by atoms with van der Waals surface area (Å²) < 4.78 is 11.0. The summed E-state index contributed by atoms with van der Waals surface area (Å²) in [7, 11) is 0. The SMILES string of the molecule is C[C@H](NC(=O)Nc1cccc(-c2ncco2)c1)[C@@H]1COc2ccccc21. The minimum atomic E-state index is -0.258. The van der Waals surface area contributed by atoms with Gasteiger partial charge in [-0.15, -0.1) is 0 Å². The van der Waals surface area contributed by atoms with Crippen molar-refractivity contribution in [3.8, 4) is 17.2 Å². The Kier molecular flexibility index (Phi) is 4.31. The summed E-state index contributed by atoms with van der Waals surface area (Å²) in [5.74, 6) is 1.54. The average Bonchev–Trinajstić information content (AvgIpc) is 3.32. The van der Waals surface area contributed by atoms with Gasteiger partial charge in [-0.3, -0.25) is 0 Å². The maximum Gasteiger partial charge on any atom is 0.319 e. The molecule has 0 bridgehead atoms. The van der Waals surface area contributed by atoms with Crippen LogP contribution in [0.2, 0.25) is 0 Å². The van der Waals surface area contributed by atoms with Gasteiger partial charge in [-0.05, 0) is 31.2 Å². The first-order valence-corrected chi connectivity index (χ1v) is 8.50. The van der Waals surface area contributed by atoms with E-state index < -0.39 is 0 Å². The topological polar surface area (TPSA) is 76.4 Å². The maximum absolute atomic E-state index is 12.4. The lowest BCUT2D eigenvalue weighted by Crippen LogP contribution is -2.40. The first-order chi connectivity index (χ1) is 12.7. The summed E-state index contributed by atoms with van der Waals surface area (Å²) in [6.07, 6.45) is 3.11. The van der Waals surface area contributed by atoms with Gasteiger partial charge < -0.3 is 19.8 Å². The number of carbonyl (C=O) groups is 1. The monoisotopic (exact) mass is 349 g/mol. The molecule has 2 atom stereocenters. The van der Waals surface area contributed by atoms with E-state index >= 15 is 0 Å². The Labute approximate surface area is 151 Å². The van der Waals surface area contributed by atoms with E-state index in [1.165, 1.54) is 6.26 Å². The molecule has 0 unspecified atom stereocenters. The molecule has 0 radical (unpaired) electrons. The van der Waals surface area contributed by atoms with E-state index in [0.29, 0.717) is 18.2 Å². The lowest BCUT2D eigenvalue weighted by atomic mass is 9.94. The van der Waals surface area contributed by atoms with Crippen LogP contribution in [0.5, 0.6) is 5.75 Å². The molecule has 6 nitrogen and oxygen atoms in total. The van der Waals surface area contributed by atoms with Crippen molar-refractivity contribution in [1.82, 2.24) is 10.3 Å². The van der Waals surface area contributed by atoms with Crippen molar-refractivity contribution < 1.29 is 13.9 Å². The molecular formula is C20H19N3O3. The highest BCUT2D eigenvalue weighted by Gasteiger charge is 2.29. The van der Waals surface area contributed by atoms with Crippen molar-refractivity contribution in [3.63, 3.8) is 0 Å². The minimum Gasteiger partial charge on any atom is -0.493 e. The summed E-state index contributed by atoms with van der Waals surface area (Å²) in [6.45, 7) is 2.55. The molecule has 6 heteroatoms. The van der Waals surface area contributed by atoms with Crippen LogP contribution in [0.25, 0.3) is 11.5 Å². The third-order valence-electron chi connectivity index (χ3n) is 4.50. The number of benzene rings is 2. The number of hydrogen-bond donors (Lipinski definition) is 2. The van der Waals surface area contributed by atoms with Gasteiger partial charge in [-0.25, -0.2) is 9.78 Å². The van der Waals surface area contributed by atoms with E-state index in [-0.39, 0.29) is 18.0 Å². The second kappa shape index (κ2) is 6.92.